The van der Waals surface area contributed by atoms with Crippen LogP contribution >= 0.6 is 11.6 Å². The predicted octanol–water partition coefficient (Wildman–Crippen LogP) is 3.61. The van der Waals surface area contributed by atoms with Gasteiger partial charge in [-0.15, -0.1) is 0 Å². The number of pyridine rings is 1. The lowest BCUT2D eigenvalue weighted by Crippen LogP contribution is -2.29. The van der Waals surface area contributed by atoms with Crippen molar-refractivity contribution in [3.8, 4) is 5.75 Å². The van der Waals surface area contributed by atoms with Crippen molar-refractivity contribution in [2.75, 3.05) is 0 Å². The molecule has 3 aliphatic rings. The Bertz CT molecular complexity index is 1190. The van der Waals surface area contributed by atoms with Gasteiger partial charge in [0, 0.05) is 42.1 Å². The van der Waals surface area contributed by atoms with Gasteiger partial charge in [-0.05, 0) is 48.9 Å². The lowest BCUT2D eigenvalue weighted by molar-refractivity contribution is -0.147. The molecule has 7 nitrogen and oxygen atoms in total. The van der Waals surface area contributed by atoms with Gasteiger partial charge in [0.05, 0.1) is 5.02 Å². The Labute approximate surface area is 189 Å². The number of benzene rings is 1. The molecule has 0 spiro atoms. The second-order valence-corrected chi connectivity index (χ2v) is 9.18. The summed E-state index contributed by atoms with van der Waals surface area (Å²) in [4.78, 5) is 38.8. The Hall–Kier alpha value is -3.06. The van der Waals surface area contributed by atoms with E-state index in [2.05, 4.69) is 10.3 Å². The van der Waals surface area contributed by atoms with Gasteiger partial charge in [-0.2, -0.15) is 0 Å². The van der Waals surface area contributed by atoms with Gasteiger partial charge < -0.3 is 20.1 Å². The van der Waals surface area contributed by atoms with Crippen LogP contribution in [0.15, 0.2) is 41.2 Å². The number of H-pyrrole nitrogens is 1. The Morgan fingerprint density at radius 3 is 2.50 bits per heavy atom. The first-order chi connectivity index (χ1) is 15.3. The van der Waals surface area contributed by atoms with Crippen molar-refractivity contribution in [2.24, 2.45) is 0 Å². The van der Waals surface area contributed by atoms with Gasteiger partial charge in [0.25, 0.3) is 5.56 Å². The number of carbonyl (C=O) groups is 2. The molecular formula is C24H23ClN2O5. The van der Waals surface area contributed by atoms with Gasteiger partial charge in [-0.3, -0.25) is 9.59 Å². The number of carbonyl (C=O) groups excluding carboxylic acids is 1. The fourth-order valence-electron chi connectivity index (χ4n) is 4.10. The molecule has 166 valence electrons. The molecule has 1 aliphatic heterocycles. The van der Waals surface area contributed by atoms with Crippen molar-refractivity contribution in [3.05, 3.63) is 68.6 Å². The second kappa shape index (κ2) is 7.81. The SMILES string of the molecule is O=C1CC[C@H](/C=C(\c2ccc(OC3(C(=O)O)CC3)c(Cl)c2)c2ccc(C3CC3)c(=O)[nH]2)N1. The third-order valence-corrected chi connectivity index (χ3v) is 6.58. The number of carboxylic acid groups (broad SMARTS) is 1. The summed E-state index contributed by atoms with van der Waals surface area (Å²) in [6.07, 6.45) is 6.02. The Balaban J connectivity index is 1.50. The second-order valence-electron chi connectivity index (χ2n) is 8.77. The number of ether oxygens (including phenoxy) is 1. The van der Waals surface area contributed by atoms with Gasteiger partial charge in [0.15, 0.2) is 0 Å². The molecule has 2 aromatic rings. The first-order valence-corrected chi connectivity index (χ1v) is 11.2. The zero-order chi connectivity index (χ0) is 22.5. The molecule has 8 heteroatoms. The van der Waals surface area contributed by atoms with E-state index in [1.807, 2.05) is 18.2 Å². The molecule has 3 N–H and O–H groups in total. The van der Waals surface area contributed by atoms with Crippen LogP contribution < -0.4 is 15.6 Å². The Morgan fingerprint density at radius 2 is 1.94 bits per heavy atom. The van der Waals surface area contributed by atoms with Crippen LogP contribution in [-0.2, 0) is 9.59 Å². The summed E-state index contributed by atoms with van der Waals surface area (Å²) in [6.45, 7) is 0. The topological polar surface area (TPSA) is 108 Å². The molecular weight excluding hydrogens is 432 g/mol. The predicted molar refractivity (Wildman–Crippen MR) is 119 cm³/mol. The van der Waals surface area contributed by atoms with Crippen molar-refractivity contribution < 1.29 is 19.4 Å². The molecule has 1 amide bonds. The van der Waals surface area contributed by atoms with Crippen molar-refractivity contribution in [1.82, 2.24) is 10.3 Å². The molecule has 2 saturated carbocycles. The zero-order valence-corrected chi connectivity index (χ0v) is 18.1. The molecule has 2 heterocycles. The average Bonchev–Trinajstić information content (AvgIpc) is 3.67. The summed E-state index contributed by atoms with van der Waals surface area (Å²) in [5, 5.41) is 12.6. The molecule has 1 atom stereocenters. The smallest absolute Gasteiger partial charge is 0.348 e. The minimum Gasteiger partial charge on any atom is -0.478 e. The van der Waals surface area contributed by atoms with E-state index in [1.165, 1.54) is 0 Å². The van der Waals surface area contributed by atoms with E-state index in [1.54, 1.807) is 18.2 Å². The van der Waals surface area contributed by atoms with E-state index in [0.717, 1.165) is 29.5 Å². The van der Waals surface area contributed by atoms with E-state index in [0.29, 0.717) is 43.0 Å². The summed E-state index contributed by atoms with van der Waals surface area (Å²) < 4.78 is 5.70. The fraction of sp³-hybridized carbons (Fsp3) is 0.375. The lowest BCUT2D eigenvalue weighted by atomic mass is 9.98. The molecule has 0 unspecified atom stereocenters. The number of halogens is 1. The molecule has 1 aromatic heterocycles. The van der Waals surface area contributed by atoms with Crippen LogP contribution in [0, 0.1) is 0 Å². The fourth-order valence-corrected chi connectivity index (χ4v) is 4.32. The summed E-state index contributed by atoms with van der Waals surface area (Å²) in [7, 11) is 0. The highest BCUT2D eigenvalue weighted by atomic mass is 35.5. The normalized spacial score (nSPS) is 21.8. The highest BCUT2D eigenvalue weighted by molar-refractivity contribution is 6.32. The highest BCUT2D eigenvalue weighted by Gasteiger charge is 2.53. The summed E-state index contributed by atoms with van der Waals surface area (Å²) in [5.74, 6) is -0.359. The Kier molecular flexibility index (Phi) is 5.08. The van der Waals surface area contributed by atoms with Crippen LogP contribution in [0.25, 0.3) is 5.57 Å². The number of rotatable bonds is 7. The standard InChI is InChI=1S/C24H23ClN2O5/c25-18-11-14(3-7-20(18)32-24(9-10-24)23(30)31)17(12-15-4-8-21(28)26-15)19-6-5-16(13-1-2-13)22(29)27-19/h3,5-7,11-13,15H,1-2,4,8-10H2,(H,26,28)(H,27,29)(H,30,31)/b17-12+/t15-/m1/s1. The molecule has 1 saturated heterocycles. The van der Waals surface area contributed by atoms with Crippen molar-refractivity contribution in [2.45, 2.75) is 56.1 Å². The number of amides is 1. The number of aliphatic carboxylic acids is 1. The Morgan fingerprint density at radius 1 is 1.16 bits per heavy atom. The summed E-state index contributed by atoms with van der Waals surface area (Å²) in [5.41, 5.74) is 1.61. The molecule has 0 radical (unpaired) electrons. The minimum absolute atomic E-state index is 0.00615. The van der Waals surface area contributed by atoms with Crippen LogP contribution in [0.2, 0.25) is 5.02 Å². The average molecular weight is 455 g/mol. The molecule has 5 rings (SSSR count). The third-order valence-electron chi connectivity index (χ3n) is 6.29. The first-order valence-electron chi connectivity index (χ1n) is 10.8. The van der Waals surface area contributed by atoms with Crippen LogP contribution in [0.4, 0.5) is 0 Å². The largest absolute Gasteiger partial charge is 0.478 e. The third kappa shape index (κ3) is 4.05. The minimum atomic E-state index is -1.19. The van der Waals surface area contributed by atoms with Crippen LogP contribution in [-0.4, -0.2) is 33.6 Å². The number of carboxylic acids is 1. The number of aromatic amines is 1. The number of hydrogen-bond acceptors (Lipinski definition) is 4. The van der Waals surface area contributed by atoms with E-state index < -0.39 is 11.6 Å². The lowest BCUT2D eigenvalue weighted by Gasteiger charge is -2.17. The molecule has 3 fully saturated rings. The van der Waals surface area contributed by atoms with Gasteiger partial charge in [-0.1, -0.05) is 29.8 Å². The van der Waals surface area contributed by atoms with Crippen molar-refractivity contribution in [1.29, 1.82) is 0 Å². The number of nitrogens with one attached hydrogen (secondary N) is 2. The number of hydrogen-bond donors (Lipinski definition) is 3. The molecule has 0 bridgehead atoms. The van der Waals surface area contributed by atoms with Gasteiger partial charge in [0.1, 0.15) is 5.75 Å². The maximum Gasteiger partial charge on any atom is 0.348 e. The van der Waals surface area contributed by atoms with E-state index in [-0.39, 0.29) is 22.5 Å². The quantitative estimate of drug-likeness (QED) is 0.592. The zero-order valence-electron chi connectivity index (χ0n) is 17.3. The van der Waals surface area contributed by atoms with E-state index in [9.17, 15) is 19.5 Å². The maximum absolute atomic E-state index is 12.6. The molecule has 2 aliphatic carbocycles. The van der Waals surface area contributed by atoms with Crippen molar-refractivity contribution in [3.63, 3.8) is 0 Å². The summed E-state index contributed by atoms with van der Waals surface area (Å²) >= 11 is 6.46. The maximum atomic E-state index is 12.6. The van der Waals surface area contributed by atoms with Crippen LogP contribution in [0.3, 0.4) is 0 Å². The van der Waals surface area contributed by atoms with E-state index >= 15 is 0 Å². The summed E-state index contributed by atoms with van der Waals surface area (Å²) in [6, 6.07) is 8.74. The number of aromatic nitrogens is 1. The van der Waals surface area contributed by atoms with Gasteiger partial charge in [-0.25, -0.2) is 4.79 Å². The molecule has 32 heavy (non-hydrogen) atoms. The van der Waals surface area contributed by atoms with E-state index in [4.69, 9.17) is 16.3 Å². The van der Waals surface area contributed by atoms with Crippen molar-refractivity contribution >= 4 is 29.1 Å². The monoisotopic (exact) mass is 454 g/mol. The molecule has 1 aromatic carbocycles. The van der Waals surface area contributed by atoms with Crippen LogP contribution in [0.1, 0.15) is 61.3 Å². The highest BCUT2D eigenvalue weighted by Crippen LogP contribution is 2.43. The van der Waals surface area contributed by atoms with Gasteiger partial charge >= 0.3 is 5.97 Å². The first kappa shape index (κ1) is 20.8. The van der Waals surface area contributed by atoms with Crippen LogP contribution in [0.5, 0.6) is 5.75 Å². The van der Waals surface area contributed by atoms with Gasteiger partial charge in [0.2, 0.25) is 11.5 Å².